The summed E-state index contributed by atoms with van der Waals surface area (Å²) in [5, 5.41) is 6.37. The maximum atomic E-state index is 13.5. The van der Waals surface area contributed by atoms with Gasteiger partial charge in [-0.1, -0.05) is 88.4 Å². The fourth-order valence-electron chi connectivity index (χ4n) is 8.88. The first kappa shape index (κ1) is 49.0. The highest BCUT2D eigenvalue weighted by Gasteiger charge is 2.35. The summed E-state index contributed by atoms with van der Waals surface area (Å²) in [4.78, 5) is 57.1. The van der Waals surface area contributed by atoms with E-state index in [-0.39, 0.29) is 73.3 Å². The SMILES string of the molecule is CC(C)[C@H]1C(=O)N[C@H](c2ccc3c(c2)OCO3)C/C=C/C[C@@H](C)Oc2ccccc2C(=O)N1C.CC(C)[C@H]1C(=O)N[C@H](c2ccc3c(c2)OCO3)C/C=C\C[C@@H](C)Oc2ccccc2C(=O)N1C. The molecule has 0 aromatic heterocycles. The van der Waals surface area contributed by atoms with Crippen molar-refractivity contribution < 1.29 is 47.6 Å². The van der Waals surface area contributed by atoms with Crippen molar-refractivity contribution in [1.82, 2.24) is 20.4 Å². The average Bonchev–Trinajstić information content (AvgIpc) is 4.00. The van der Waals surface area contributed by atoms with Crippen LogP contribution >= 0.6 is 0 Å². The van der Waals surface area contributed by atoms with Crippen LogP contribution in [-0.4, -0.2) is 85.4 Å². The van der Waals surface area contributed by atoms with E-state index < -0.39 is 12.1 Å². The lowest BCUT2D eigenvalue weighted by Gasteiger charge is -2.32. The molecule has 0 saturated carbocycles. The quantitative estimate of drug-likeness (QED) is 0.190. The van der Waals surface area contributed by atoms with E-state index in [0.717, 1.165) is 11.1 Å². The van der Waals surface area contributed by atoms with Gasteiger partial charge in [-0.3, -0.25) is 19.2 Å². The van der Waals surface area contributed by atoms with Gasteiger partial charge in [0, 0.05) is 26.9 Å². The molecule has 4 amide bonds. The van der Waals surface area contributed by atoms with Gasteiger partial charge in [0.05, 0.1) is 35.4 Å². The lowest BCUT2D eigenvalue weighted by atomic mass is 9.97. The van der Waals surface area contributed by atoms with Crippen molar-refractivity contribution >= 4 is 23.6 Å². The average molecular weight is 929 g/mol. The van der Waals surface area contributed by atoms with Gasteiger partial charge in [0.2, 0.25) is 25.4 Å². The minimum absolute atomic E-state index is 0.0955. The Kier molecular flexibility index (Phi) is 16.0. The van der Waals surface area contributed by atoms with Gasteiger partial charge in [-0.2, -0.15) is 0 Å². The second-order valence-electron chi connectivity index (χ2n) is 18.3. The van der Waals surface area contributed by atoms with Crippen LogP contribution < -0.4 is 39.1 Å². The zero-order valence-corrected chi connectivity index (χ0v) is 40.2. The van der Waals surface area contributed by atoms with E-state index in [0.29, 0.717) is 71.3 Å². The predicted molar refractivity (Wildman–Crippen MR) is 258 cm³/mol. The van der Waals surface area contributed by atoms with Gasteiger partial charge in [0.15, 0.2) is 23.0 Å². The number of amides is 4. The summed E-state index contributed by atoms with van der Waals surface area (Å²) in [7, 11) is 3.35. The lowest BCUT2D eigenvalue weighted by molar-refractivity contribution is -0.128. The summed E-state index contributed by atoms with van der Waals surface area (Å²) < 4.78 is 34.2. The molecule has 4 aliphatic heterocycles. The minimum Gasteiger partial charge on any atom is -0.490 e. The Morgan fingerprint density at radius 3 is 1.25 bits per heavy atom. The van der Waals surface area contributed by atoms with Crippen LogP contribution in [-0.2, 0) is 9.59 Å². The fraction of sp³-hybridized carbons (Fsp3) is 0.407. The summed E-state index contributed by atoms with van der Waals surface area (Å²) >= 11 is 0. The maximum absolute atomic E-state index is 13.5. The van der Waals surface area contributed by atoms with Crippen LogP contribution in [0.3, 0.4) is 0 Å². The molecule has 4 heterocycles. The van der Waals surface area contributed by atoms with Gasteiger partial charge >= 0.3 is 0 Å². The molecule has 0 unspecified atom stereocenters. The molecule has 68 heavy (non-hydrogen) atoms. The summed E-state index contributed by atoms with van der Waals surface area (Å²) in [5.41, 5.74) is 2.73. The monoisotopic (exact) mass is 928 g/mol. The number of hydrogen-bond acceptors (Lipinski definition) is 10. The molecule has 0 spiro atoms. The van der Waals surface area contributed by atoms with E-state index in [9.17, 15) is 19.2 Å². The molecule has 8 rings (SSSR count). The van der Waals surface area contributed by atoms with Crippen LogP contribution in [0.1, 0.15) is 111 Å². The predicted octanol–water partition coefficient (Wildman–Crippen LogP) is 8.97. The molecule has 2 N–H and O–H groups in total. The molecule has 0 aliphatic carbocycles. The van der Waals surface area contributed by atoms with E-state index >= 15 is 0 Å². The van der Waals surface area contributed by atoms with Gasteiger partial charge in [-0.25, -0.2) is 0 Å². The Hall–Kier alpha value is -6.96. The molecular weight excluding hydrogens is 865 g/mol. The zero-order valence-electron chi connectivity index (χ0n) is 40.2. The number of ether oxygens (including phenoxy) is 6. The van der Waals surface area contributed by atoms with E-state index in [1.165, 1.54) is 9.80 Å². The molecule has 14 heteroatoms. The van der Waals surface area contributed by atoms with Crippen LogP contribution in [0, 0.1) is 11.8 Å². The second-order valence-corrected chi connectivity index (χ2v) is 18.3. The van der Waals surface area contributed by atoms with Gasteiger partial charge in [0.1, 0.15) is 23.6 Å². The molecule has 0 saturated heterocycles. The molecule has 14 nitrogen and oxygen atoms in total. The third kappa shape index (κ3) is 11.6. The van der Waals surface area contributed by atoms with Gasteiger partial charge in [0.25, 0.3) is 11.8 Å². The summed E-state index contributed by atoms with van der Waals surface area (Å²) in [6, 6.07) is 23.9. The largest absolute Gasteiger partial charge is 0.490 e. The van der Waals surface area contributed by atoms with Crippen molar-refractivity contribution in [2.45, 2.75) is 104 Å². The number of carbonyl (C=O) groups excluding carboxylic acids is 4. The number of nitrogens with zero attached hydrogens (tertiary/aromatic N) is 2. The normalized spacial score (nSPS) is 24.1. The molecule has 0 bridgehead atoms. The third-order valence-electron chi connectivity index (χ3n) is 12.4. The first-order valence-corrected chi connectivity index (χ1v) is 23.5. The van der Waals surface area contributed by atoms with Crippen molar-refractivity contribution in [3.05, 3.63) is 131 Å². The Morgan fingerprint density at radius 1 is 0.485 bits per heavy atom. The fourth-order valence-corrected chi connectivity index (χ4v) is 8.88. The van der Waals surface area contributed by atoms with E-state index in [1.807, 2.05) is 102 Å². The third-order valence-corrected chi connectivity index (χ3v) is 12.4. The van der Waals surface area contributed by atoms with Crippen LogP contribution in [0.5, 0.6) is 34.5 Å². The summed E-state index contributed by atoms with van der Waals surface area (Å²) in [5.74, 6) is 2.69. The topological polar surface area (TPSA) is 154 Å². The van der Waals surface area contributed by atoms with Crippen LogP contribution in [0.2, 0.25) is 0 Å². The number of fused-ring (bicyclic) bond motifs is 4. The highest BCUT2D eigenvalue weighted by molar-refractivity contribution is 6.00. The van der Waals surface area contributed by atoms with Gasteiger partial charge in [-0.15, -0.1) is 0 Å². The molecule has 6 atom stereocenters. The van der Waals surface area contributed by atoms with Crippen molar-refractivity contribution in [1.29, 1.82) is 0 Å². The van der Waals surface area contributed by atoms with E-state index in [4.69, 9.17) is 28.4 Å². The zero-order chi connectivity index (χ0) is 48.5. The number of nitrogens with one attached hydrogen (secondary N) is 2. The van der Waals surface area contributed by atoms with Crippen molar-refractivity contribution in [3.63, 3.8) is 0 Å². The van der Waals surface area contributed by atoms with E-state index in [2.05, 4.69) is 34.9 Å². The number of para-hydroxylation sites is 2. The number of carbonyl (C=O) groups is 4. The Morgan fingerprint density at radius 2 is 0.853 bits per heavy atom. The van der Waals surface area contributed by atoms with Crippen molar-refractivity contribution in [2.24, 2.45) is 11.8 Å². The highest BCUT2D eigenvalue weighted by atomic mass is 16.7. The lowest BCUT2D eigenvalue weighted by Crippen LogP contribution is -2.51. The van der Waals surface area contributed by atoms with Crippen LogP contribution in [0.4, 0.5) is 0 Å². The van der Waals surface area contributed by atoms with Crippen molar-refractivity contribution in [2.75, 3.05) is 27.7 Å². The second kappa shape index (κ2) is 22.2. The smallest absolute Gasteiger partial charge is 0.258 e. The summed E-state index contributed by atoms with van der Waals surface area (Å²) in [6.07, 6.45) is 10.5. The molecule has 4 aromatic carbocycles. The van der Waals surface area contributed by atoms with Gasteiger partial charge < -0.3 is 48.9 Å². The van der Waals surface area contributed by atoms with Gasteiger partial charge in [-0.05, 0) is 98.2 Å². The van der Waals surface area contributed by atoms with Crippen molar-refractivity contribution in [3.8, 4) is 34.5 Å². The first-order chi connectivity index (χ1) is 32.7. The van der Waals surface area contributed by atoms with Crippen LogP contribution in [0.15, 0.2) is 109 Å². The Labute approximate surface area is 399 Å². The van der Waals surface area contributed by atoms with E-state index in [1.54, 1.807) is 38.4 Å². The number of rotatable bonds is 4. The molecule has 360 valence electrons. The first-order valence-electron chi connectivity index (χ1n) is 23.5. The maximum Gasteiger partial charge on any atom is 0.258 e. The number of hydrogen-bond donors (Lipinski definition) is 2. The highest BCUT2D eigenvalue weighted by Crippen LogP contribution is 2.37. The van der Waals surface area contributed by atoms with Crippen LogP contribution in [0.25, 0.3) is 0 Å². The molecular formula is C54H64N4O10. The molecule has 4 aliphatic rings. The standard InChI is InChI=1S/2C27H32N2O5/c2*1-17(2)25-26(30)28-21(19-13-14-23-24(15-19)33-16-32-23)11-7-5-9-18(3)34-22-12-8-6-10-20(22)27(31)29(25)4/h2*5-8,10,12-15,17-18,21,25H,9,11,16H2,1-4H3,(H,28,30)/b7-5+;7-5-/t2*18-,21+,25+/m11/s1. The number of likely N-dealkylation sites (N-methyl/N-ethyl adjacent to an activating group) is 2. The number of benzene rings is 4. The minimum atomic E-state index is -0.651. The molecule has 0 fully saturated rings. The molecule has 0 radical (unpaired) electrons. The Bertz CT molecular complexity index is 2330. The summed E-state index contributed by atoms with van der Waals surface area (Å²) in [6.45, 7) is 12.1. The Balaban J connectivity index is 0.000000201. The molecule has 4 aromatic rings.